The molecule has 14 nitrogen and oxygen atoms in total. The number of hydrogen-bond donors (Lipinski definition) is 3. The van der Waals surface area contributed by atoms with Gasteiger partial charge in [-0.15, -0.1) is 23.1 Å². The molecule has 5 rings (SSSR count). The quantitative estimate of drug-likeness (QED) is 0.0867. The van der Waals surface area contributed by atoms with Gasteiger partial charge in [-0.3, -0.25) is 19.8 Å². The van der Waals surface area contributed by atoms with Crippen LogP contribution in [0.4, 0.5) is 14.7 Å². The number of fused-ring (bicyclic) bond motifs is 1. The fourth-order valence-electron chi connectivity index (χ4n) is 5.17. The van der Waals surface area contributed by atoms with Crippen molar-refractivity contribution in [3.8, 4) is 0 Å². The van der Waals surface area contributed by atoms with E-state index in [2.05, 4.69) is 20.9 Å². The number of alkyl halides is 3. The highest BCUT2D eigenvalue weighted by molar-refractivity contribution is 8.00. The van der Waals surface area contributed by atoms with Gasteiger partial charge in [0.2, 0.25) is 9.70 Å². The van der Waals surface area contributed by atoms with Crippen molar-refractivity contribution in [1.29, 1.82) is 0 Å². The summed E-state index contributed by atoms with van der Waals surface area (Å²) in [4.78, 5) is 72.0. The number of nitrogens with zero attached hydrogens (tertiary/aromatic N) is 2. The standard InChI is InChI=1S/C34H34Cl3N5O9S2/c1-33(2,3)51-32(47)40-22(20-15-53-30(38-20)41-31(46)49-17-34(35,36)37)26(43)39-23-27(44)42-24(21(48-4)16-52-28(23)42)29(45)50-25(18-11-7-5-8-12-18)19-13-9-6-10-14-19/h5-15,22-23,25,28H,16-17H2,1-4H3,(H,39,43)(H,40,47)(H,38,41,46)/t22?,23-,28-/m1/s1. The molecule has 53 heavy (non-hydrogen) atoms. The third-order valence-electron chi connectivity index (χ3n) is 7.42. The van der Waals surface area contributed by atoms with E-state index in [1.165, 1.54) is 29.2 Å². The molecule has 0 aliphatic carbocycles. The van der Waals surface area contributed by atoms with Crippen LogP contribution in [0.25, 0.3) is 0 Å². The van der Waals surface area contributed by atoms with Crippen LogP contribution in [0.1, 0.15) is 49.7 Å². The lowest BCUT2D eigenvalue weighted by atomic mass is 10.0. The van der Waals surface area contributed by atoms with Gasteiger partial charge < -0.3 is 29.6 Å². The molecule has 3 N–H and O–H groups in total. The van der Waals surface area contributed by atoms with Crippen LogP contribution in [0.5, 0.6) is 0 Å². The first-order valence-corrected chi connectivity index (χ1v) is 18.9. The number of carbonyl (C=O) groups is 5. The molecular weight excluding hydrogens is 793 g/mol. The molecule has 0 spiro atoms. The van der Waals surface area contributed by atoms with E-state index in [-0.39, 0.29) is 28.0 Å². The summed E-state index contributed by atoms with van der Waals surface area (Å²) in [6.45, 7) is 4.39. The number of rotatable bonds is 11. The van der Waals surface area contributed by atoms with Crippen LogP contribution in [0.15, 0.2) is 77.5 Å². The molecule has 2 aliphatic heterocycles. The Labute approximate surface area is 327 Å². The molecule has 1 fully saturated rings. The number of thiazole rings is 1. The minimum Gasteiger partial charge on any atom is -0.498 e. The average molecular weight is 827 g/mol. The van der Waals surface area contributed by atoms with Crippen molar-refractivity contribution in [3.63, 3.8) is 0 Å². The van der Waals surface area contributed by atoms with Crippen LogP contribution in [-0.4, -0.2) is 80.1 Å². The number of β-lactam (4-membered cyclic amide) rings is 1. The predicted octanol–water partition coefficient (Wildman–Crippen LogP) is 6.22. The highest BCUT2D eigenvalue weighted by atomic mass is 35.6. The Morgan fingerprint density at radius 2 is 1.60 bits per heavy atom. The first kappa shape index (κ1) is 40.0. The number of aromatic nitrogens is 1. The molecule has 2 aromatic carbocycles. The smallest absolute Gasteiger partial charge is 0.413 e. The summed E-state index contributed by atoms with van der Waals surface area (Å²) in [5.74, 6) is -1.79. The van der Waals surface area contributed by atoms with E-state index in [0.717, 1.165) is 22.5 Å². The van der Waals surface area contributed by atoms with Gasteiger partial charge in [0.05, 0.1) is 18.6 Å². The number of ether oxygens (including phenoxy) is 4. The molecule has 4 amide bonds. The zero-order valence-electron chi connectivity index (χ0n) is 28.6. The fourth-order valence-corrected chi connectivity index (χ4v) is 7.36. The Kier molecular flexibility index (Phi) is 12.7. The zero-order chi connectivity index (χ0) is 38.5. The third-order valence-corrected chi connectivity index (χ3v) is 9.77. The Morgan fingerprint density at radius 3 is 2.17 bits per heavy atom. The van der Waals surface area contributed by atoms with Crippen molar-refractivity contribution in [3.05, 3.63) is 94.3 Å². The lowest BCUT2D eigenvalue weighted by Crippen LogP contribution is -2.71. The second kappa shape index (κ2) is 16.8. The average Bonchev–Trinajstić information content (AvgIpc) is 3.57. The number of hydrogen-bond acceptors (Lipinski definition) is 12. The number of nitrogens with one attached hydrogen (secondary N) is 3. The molecule has 0 radical (unpaired) electrons. The second-order valence-corrected chi connectivity index (χ2v) is 16.9. The van der Waals surface area contributed by atoms with E-state index in [1.807, 2.05) is 60.7 Å². The Balaban J connectivity index is 1.33. The Bertz CT molecular complexity index is 1830. The van der Waals surface area contributed by atoms with Crippen LogP contribution < -0.4 is 16.0 Å². The van der Waals surface area contributed by atoms with Gasteiger partial charge in [0.1, 0.15) is 29.4 Å². The number of anilines is 1. The van der Waals surface area contributed by atoms with E-state index >= 15 is 0 Å². The number of halogens is 3. The van der Waals surface area contributed by atoms with Crippen molar-refractivity contribution in [2.45, 2.75) is 53.7 Å². The van der Waals surface area contributed by atoms with E-state index in [9.17, 15) is 24.0 Å². The van der Waals surface area contributed by atoms with Gasteiger partial charge in [-0.05, 0) is 31.9 Å². The molecule has 1 saturated heterocycles. The van der Waals surface area contributed by atoms with Crippen molar-refractivity contribution in [2.75, 3.05) is 24.8 Å². The molecule has 3 aromatic rings. The van der Waals surface area contributed by atoms with E-state index in [1.54, 1.807) is 20.8 Å². The van der Waals surface area contributed by atoms with Crippen molar-refractivity contribution in [1.82, 2.24) is 20.5 Å². The number of thioether (sulfide) groups is 1. The number of esters is 1. The minimum atomic E-state index is -1.84. The fraction of sp³-hybridized carbons (Fsp3) is 0.353. The van der Waals surface area contributed by atoms with Gasteiger partial charge >= 0.3 is 18.2 Å². The van der Waals surface area contributed by atoms with Crippen LogP contribution in [-0.2, 0) is 33.3 Å². The molecule has 1 aromatic heterocycles. The summed E-state index contributed by atoms with van der Waals surface area (Å²) in [6.07, 6.45) is -2.71. The second-order valence-electron chi connectivity index (χ2n) is 12.5. The summed E-state index contributed by atoms with van der Waals surface area (Å²) >= 11 is 19.1. The van der Waals surface area contributed by atoms with Crippen LogP contribution in [0.3, 0.4) is 0 Å². The minimum absolute atomic E-state index is 0.00321. The number of amides is 4. The summed E-state index contributed by atoms with van der Waals surface area (Å²) in [5, 5.41) is 8.20. The van der Waals surface area contributed by atoms with E-state index in [0.29, 0.717) is 0 Å². The molecule has 19 heteroatoms. The molecular formula is C34H34Cl3N5O9S2. The molecule has 1 unspecified atom stereocenters. The molecule has 3 atom stereocenters. The lowest BCUT2D eigenvalue weighted by Gasteiger charge is -2.49. The SMILES string of the molecule is COC1=C(C(=O)OC(c2ccccc2)c2ccccc2)N2C(=O)[C@@H](NC(=O)C(NC(=O)OC(C)(C)C)c3csc(NC(=O)OCC(Cl)(Cl)Cl)n3)[C@H]2SC1. The lowest BCUT2D eigenvalue weighted by molar-refractivity contribution is -0.155. The molecule has 3 heterocycles. The highest BCUT2D eigenvalue weighted by Crippen LogP contribution is 2.42. The maximum atomic E-state index is 13.9. The summed E-state index contributed by atoms with van der Waals surface area (Å²) in [5.41, 5.74) is 0.456. The van der Waals surface area contributed by atoms with Crippen LogP contribution in [0.2, 0.25) is 0 Å². The Hall–Kier alpha value is -4.22. The predicted molar refractivity (Wildman–Crippen MR) is 199 cm³/mol. The normalized spacial score (nSPS) is 17.6. The topological polar surface area (TPSA) is 174 Å². The molecule has 2 aliphatic rings. The van der Waals surface area contributed by atoms with Crippen molar-refractivity contribution in [2.24, 2.45) is 0 Å². The van der Waals surface area contributed by atoms with Crippen LogP contribution in [0, 0.1) is 0 Å². The monoisotopic (exact) mass is 825 g/mol. The number of benzene rings is 2. The largest absolute Gasteiger partial charge is 0.498 e. The Morgan fingerprint density at radius 1 is 0.981 bits per heavy atom. The molecule has 0 bridgehead atoms. The maximum absolute atomic E-state index is 13.9. The first-order chi connectivity index (χ1) is 25.0. The van der Waals surface area contributed by atoms with E-state index in [4.69, 9.17) is 53.8 Å². The van der Waals surface area contributed by atoms with Gasteiger partial charge in [0.15, 0.2) is 23.0 Å². The van der Waals surface area contributed by atoms with Crippen LogP contribution >= 0.6 is 57.9 Å². The van der Waals surface area contributed by atoms with Crippen molar-refractivity contribution >= 4 is 93.0 Å². The maximum Gasteiger partial charge on any atom is 0.413 e. The summed E-state index contributed by atoms with van der Waals surface area (Å²) in [7, 11) is 1.39. The first-order valence-electron chi connectivity index (χ1n) is 15.8. The number of methoxy groups -OCH3 is 1. The van der Waals surface area contributed by atoms with Gasteiger partial charge in [-0.2, -0.15) is 0 Å². The summed E-state index contributed by atoms with van der Waals surface area (Å²) < 4.78 is 20.0. The van der Waals surface area contributed by atoms with Gasteiger partial charge in [-0.25, -0.2) is 19.4 Å². The van der Waals surface area contributed by atoms with Crippen molar-refractivity contribution < 1.29 is 42.9 Å². The van der Waals surface area contributed by atoms with E-state index < -0.39 is 69.5 Å². The zero-order valence-corrected chi connectivity index (χ0v) is 32.5. The molecule has 282 valence electrons. The third kappa shape index (κ3) is 10.3. The number of carbonyl (C=O) groups excluding carboxylic acids is 5. The number of alkyl carbamates (subject to hydrolysis) is 1. The van der Waals surface area contributed by atoms with Gasteiger partial charge in [0.25, 0.3) is 5.91 Å². The van der Waals surface area contributed by atoms with Gasteiger partial charge in [-0.1, -0.05) is 95.5 Å². The van der Waals surface area contributed by atoms with Gasteiger partial charge in [0, 0.05) is 5.38 Å². The summed E-state index contributed by atoms with van der Waals surface area (Å²) in [6, 6.07) is 15.8. The highest BCUT2D eigenvalue weighted by Gasteiger charge is 2.55. The molecule has 0 saturated carbocycles.